The number of benzene rings is 1. The highest BCUT2D eigenvalue weighted by atomic mass is 32.2. The van der Waals surface area contributed by atoms with Gasteiger partial charge in [-0.05, 0) is 25.3 Å². The van der Waals surface area contributed by atoms with E-state index in [0.717, 1.165) is 32.7 Å². The molecular formula is C16H25N3OS. The van der Waals surface area contributed by atoms with Crippen molar-refractivity contribution in [2.75, 3.05) is 49.6 Å². The average molecular weight is 307 g/mol. The Morgan fingerprint density at radius 1 is 1.24 bits per heavy atom. The monoisotopic (exact) mass is 307 g/mol. The smallest absolute Gasteiger partial charge is 0.230 e. The van der Waals surface area contributed by atoms with Crippen LogP contribution >= 0.6 is 11.8 Å². The summed E-state index contributed by atoms with van der Waals surface area (Å²) in [7, 11) is 0. The first kappa shape index (κ1) is 16.2. The summed E-state index contributed by atoms with van der Waals surface area (Å²) in [5.41, 5.74) is 1.30. The van der Waals surface area contributed by atoms with E-state index in [1.807, 2.05) is 6.26 Å². The van der Waals surface area contributed by atoms with Crippen molar-refractivity contribution in [3.8, 4) is 0 Å². The maximum absolute atomic E-state index is 11.6. The van der Waals surface area contributed by atoms with Gasteiger partial charge in [-0.1, -0.05) is 18.2 Å². The predicted molar refractivity (Wildman–Crippen MR) is 91.1 cm³/mol. The predicted octanol–water partition coefficient (Wildman–Crippen LogP) is 1.68. The normalized spacial score (nSPS) is 17.5. The molecule has 1 saturated heterocycles. The Morgan fingerprint density at radius 3 is 2.52 bits per heavy atom. The first-order valence-electron chi connectivity index (χ1n) is 7.49. The molecule has 1 amide bonds. The van der Waals surface area contributed by atoms with Gasteiger partial charge in [0, 0.05) is 44.5 Å². The summed E-state index contributed by atoms with van der Waals surface area (Å²) in [5, 5.41) is 3.06. The number of piperazine rings is 1. The largest absolute Gasteiger partial charge is 0.369 e. The molecule has 1 atom stereocenters. The number of thioether (sulfide) groups is 1. The van der Waals surface area contributed by atoms with E-state index in [-0.39, 0.29) is 11.9 Å². The zero-order chi connectivity index (χ0) is 15.1. The van der Waals surface area contributed by atoms with Gasteiger partial charge in [-0.3, -0.25) is 9.69 Å². The summed E-state index contributed by atoms with van der Waals surface area (Å²) < 4.78 is 0. The highest BCUT2D eigenvalue weighted by Gasteiger charge is 2.19. The number of rotatable bonds is 6. The minimum absolute atomic E-state index is 0.137. The van der Waals surface area contributed by atoms with Crippen LogP contribution in [0.2, 0.25) is 0 Å². The number of hydrogen-bond acceptors (Lipinski definition) is 4. The van der Waals surface area contributed by atoms with Crippen LogP contribution < -0.4 is 10.2 Å². The Bertz CT molecular complexity index is 432. The van der Waals surface area contributed by atoms with Gasteiger partial charge in [0.05, 0.1) is 5.75 Å². The number of para-hydroxylation sites is 1. The van der Waals surface area contributed by atoms with Crippen LogP contribution in [0.25, 0.3) is 0 Å². The molecule has 0 spiro atoms. The topological polar surface area (TPSA) is 35.6 Å². The first-order chi connectivity index (χ1) is 10.2. The molecule has 2 rings (SSSR count). The third kappa shape index (κ3) is 5.25. The maximum Gasteiger partial charge on any atom is 0.230 e. The molecule has 0 aromatic heterocycles. The van der Waals surface area contributed by atoms with Gasteiger partial charge >= 0.3 is 0 Å². The van der Waals surface area contributed by atoms with Crippen molar-refractivity contribution in [2.45, 2.75) is 13.0 Å². The summed E-state index contributed by atoms with van der Waals surface area (Å²) in [6.07, 6.45) is 1.95. The molecule has 1 heterocycles. The Balaban J connectivity index is 1.73. The van der Waals surface area contributed by atoms with E-state index in [0.29, 0.717) is 5.75 Å². The molecule has 1 aliphatic rings. The lowest BCUT2D eigenvalue weighted by Crippen LogP contribution is -2.51. The fraction of sp³-hybridized carbons (Fsp3) is 0.562. The number of nitrogens with one attached hydrogen (secondary N) is 1. The molecule has 1 unspecified atom stereocenters. The third-order valence-electron chi connectivity index (χ3n) is 3.71. The quantitative estimate of drug-likeness (QED) is 0.867. The van der Waals surface area contributed by atoms with E-state index >= 15 is 0 Å². The minimum atomic E-state index is 0.137. The van der Waals surface area contributed by atoms with Gasteiger partial charge in [0.1, 0.15) is 0 Å². The number of carbonyl (C=O) groups excluding carboxylic acids is 1. The Hall–Kier alpha value is -1.20. The molecule has 1 fully saturated rings. The fourth-order valence-electron chi connectivity index (χ4n) is 2.71. The standard InChI is InChI=1S/C16H25N3OS/c1-14(17-16(20)13-21-2)12-18-8-10-19(11-9-18)15-6-4-3-5-7-15/h3-7,14H,8-13H2,1-2H3,(H,17,20). The van der Waals surface area contributed by atoms with E-state index in [1.54, 1.807) is 11.8 Å². The van der Waals surface area contributed by atoms with Gasteiger partial charge in [-0.15, -0.1) is 0 Å². The second-order valence-electron chi connectivity index (χ2n) is 5.52. The Morgan fingerprint density at radius 2 is 1.90 bits per heavy atom. The van der Waals surface area contributed by atoms with Crippen molar-refractivity contribution < 1.29 is 4.79 Å². The summed E-state index contributed by atoms with van der Waals surface area (Å²) in [4.78, 5) is 16.4. The molecule has 1 aliphatic heterocycles. The SMILES string of the molecule is CSCC(=O)NC(C)CN1CCN(c2ccccc2)CC1. The number of carbonyl (C=O) groups is 1. The molecule has 1 N–H and O–H groups in total. The van der Waals surface area contributed by atoms with Crippen LogP contribution in [0.4, 0.5) is 5.69 Å². The van der Waals surface area contributed by atoms with Crippen molar-refractivity contribution in [3.63, 3.8) is 0 Å². The van der Waals surface area contributed by atoms with E-state index < -0.39 is 0 Å². The minimum Gasteiger partial charge on any atom is -0.369 e. The van der Waals surface area contributed by atoms with Crippen molar-refractivity contribution in [2.24, 2.45) is 0 Å². The lowest BCUT2D eigenvalue weighted by atomic mass is 10.2. The van der Waals surface area contributed by atoms with Crippen molar-refractivity contribution in [1.82, 2.24) is 10.2 Å². The molecule has 0 radical (unpaired) electrons. The number of anilines is 1. The van der Waals surface area contributed by atoms with Gasteiger partial charge in [0.25, 0.3) is 0 Å². The highest BCUT2D eigenvalue weighted by Crippen LogP contribution is 2.15. The molecule has 1 aromatic carbocycles. The summed E-state index contributed by atoms with van der Waals surface area (Å²) in [5.74, 6) is 0.685. The van der Waals surface area contributed by atoms with Crippen molar-refractivity contribution in [1.29, 1.82) is 0 Å². The molecule has 0 aliphatic carbocycles. The van der Waals surface area contributed by atoms with Crippen molar-refractivity contribution >= 4 is 23.4 Å². The van der Waals surface area contributed by atoms with Crippen LogP contribution in [-0.2, 0) is 4.79 Å². The molecule has 0 bridgehead atoms. The molecular weight excluding hydrogens is 282 g/mol. The third-order valence-corrected chi connectivity index (χ3v) is 4.26. The maximum atomic E-state index is 11.6. The zero-order valence-electron chi connectivity index (χ0n) is 12.9. The summed E-state index contributed by atoms with van der Waals surface area (Å²) in [6, 6.07) is 10.8. The number of hydrogen-bond donors (Lipinski definition) is 1. The van der Waals surface area contributed by atoms with Crippen LogP contribution in [0.5, 0.6) is 0 Å². The first-order valence-corrected chi connectivity index (χ1v) is 8.89. The second-order valence-corrected chi connectivity index (χ2v) is 6.39. The van der Waals surface area contributed by atoms with Crippen LogP contribution in [-0.4, -0.2) is 61.6 Å². The van der Waals surface area contributed by atoms with E-state index in [9.17, 15) is 4.79 Å². The number of amides is 1. The van der Waals surface area contributed by atoms with Crippen LogP contribution in [0.1, 0.15) is 6.92 Å². The molecule has 4 nitrogen and oxygen atoms in total. The Labute approximate surface area is 131 Å². The van der Waals surface area contributed by atoms with Gasteiger partial charge in [0.15, 0.2) is 0 Å². The number of nitrogens with zero attached hydrogens (tertiary/aromatic N) is 2. The summed E-state index contributed by atoms with van der Waals surface area (Å²) in [6.45, 7) is 7.23. The second kappa shape index (κ2) is 8.29. The Kier molecular flexibility index (Phi) is 6.39. The lowest BCUT2D eigenvalue weighted by Gasteiger charge is -2.37. The lowest BCUT2D eigenvalue weighted by molar-refractivity contribution is -0.119. The van der Waals surface area contributed by atoms with E-state index in [1.165, 1.54) is 5.69 Å². The van der Waals surface area contributed by atoms with Gasteiger partial charge in [-0.2, -0.15) is 11.8 Å². The molecule has 1 aromatic rings. The van der Waals surface area contributed by atoms with Gasteiger partial charge in [-0.25, -0.2) is 0 Å². The van der Waals surface area contributed by atoms with E-state index in [2.05, 4.69) is 52.4 Å². The molecule has 21 heavy (non-hydrogen) atoms. The van der Waals surface area contributed by atoms with Crippen LogP contribution in [0, 0.1) is 0 Å². The fourth-order valence-corrected chi connectivity index (χ4v) is 3.05. The average Bonchev–Trinajstić information content (AvgIpc) is 2.49. The van der Waals surface area contributed by atoms with Crippen LogP contribution in [0.15, 0.2) is 30.3 Å². The summed E-state index contributed by atoms with van der Waals surface area (Å²) >= 11 is 1.56. The van der Waals surface area contributed by atoms with Crippen molar-refractivity contribution in [3.05, 3.63) is 30.3 Å². The zero-order valence-corrected chi connectivity index (χ0v) is 13.7. The molecule has 116 valence electrons. The van der Waals surface area contributed by atoms with E-state index in [4.69, 9.17) is 0 Å². The van der Waals surface area contributed by atoms with Gasteiger partial charge in [0.2, 0.25) is 5.91 Å². The molecule has 5 heteroatoms. The highest BCUT2D eigenvalue weighted by molar-refractivity contribution is 7.99. The van der Waals surface area contributed by atoms with Gasteiger partial charge < -0.3 is 10.2 Å². The van der Waals surface area contributed by atoms with Crippen LogP contribution in [0.3, 0.4) is 0 Å². The molecule has 0 saturated carbocycles.